The van der Waals surface area contributed by atoms with E-state index in [-0.39, 0.29) is 12.5 Å². The summed E-state index contributed by atoms with van der Waals surface area (Å²) in [5.41, 5.74) is 0.514. The van der Waals surface area contributed by atoms with Gasteiger partial charge in [-0.25, -0.2) is 8.42 Å². The number of ether oxygens (including phenoxy) is 2. The van der Waals surface area contributed by atoms with Crippen molar-refractivity contribution in [1.82, 2.24) is 5.32 Å². The van der Waals surface area contributed by atoms with E-state index >= 15 is 0 Å². The van der Waals surface area contributed by atoms with E-state index in [1.807, 2.05) is 42.5 Å². The maximum atomic E-state index is 11.9. The Balaban J connectivity index is 1.39. The van der Waals surface area contributed by atoms with Gasteiger partial charge in [0.1, 0.15) is 18.1 Å². The zero-order valence-electron chi connectivity index (χ0n) is 16.9. The number of nitrogens with one attached hydrogen (secondary N) is 1. The van der Waals surface area contributed by atoms with Crippen LogP contribution in [0.25, 0.3) is 10.8 Å². The van der Waals surface area contributed by atoms with Crippen LogP contribution in [0.5, 0.6) is 11.5 Å². The lowest BCUT2D eigenvalue weighted by Crippen LogP contribution is -2.32. The molecule has 8 heteroatoms. The van der Waals surface area contributed by atoms with E-state index in [0.29, 0.717) is 24.6 Å². The molecule has 1 amide bonds. The Morgan fingerprint density at radius 3 is 2.30 bits per heavy atom. The number of carbonyl (C=O) groups excluding carboxylic acids is 1. The van der Waals surface area contributed by atoms with Crippen molar-refractivity contribution in [3.8, 4) is 11.5 Å². The van der Waals surface area contributed by atoms with Gasteiger partial charge in [-0.2, -0.15) is 0 Å². The summed E-state index contributed by atoms with van der Waals surface area (Å²) in [6.45, 7) is 0.557. The molecule has 1 N–H and O–H groups in total. The number of anilines is 1. The molecule has 30 heavy (non-hydrogen) atoms. The number of fused-ring (bicyclic) bond motifs is 1. The zero-order chi connectivity index (χ0) is 21.6. The minimum absolute atomic E-state index is 0.142. The van der Waals surface area contributed by atoms with Crippen LogP contribution in [0.2, 0.25) is 0 Å². The van der Waals surface area contributed by atoms with Crippen molar-refractivity contribution in [3.05, 3.63) is 66.7 Å². The highest BCUT2D eigenvalue weighted by Gasteiger charge is 2.11. The van der Waals surface area contributed by atoms with Crippen LogP contribution < -0.4 is 19.1 Å². The summed E-state index contributed by atoms with van der Waals surface area (Å²) in [5.74, 6) is 0.955. The Hall–Kier alpha value is -3.26. The van der Waals surface area contributed by atoms with E-state index in [1.54, 1.807) is 24.3 Å². The van der Waals surface area contributed by atoms with Crippen molar-refractivity contribution in [3.63, 3.8) is 0 Å². The number of hydrogen-bond donors (Lipinski definition) is 1. The number of sulfonamides is 1. The summed E-state index contributed by atoms with van der Waals surface area (Å²) < 4.78 is 35.4. The highest BCUT2D eigenvalue weighted by molar-refractivity contribution is 7.92. The fourth-order valence-electron chi connectivity index (χ4n) is 2.76. The van der Waals surface area contributed by atoms with E-state index in [2.05, 4.69) is 5.32 Å². The zero-order valence-corrected chi connectivity index (χ0v) is 17.7. The lowest BCUT2D eigenvalue weighted by atomic mass is 10.1. The van der Waals surface area contributed by atoms with E-state index in [0.717, 1.165) is 22.8 Å². The van der Waals surface area contributed by atoms with Crippen LogP contribution in [0.4, 0.5) is 5.69 Å². The normalized spacial score (nSPS) is 11.1. The average molecular weight is 429 g/mol. The second-order valence-corrected chi connectivity index (χ2v) is 8.73. The molecule has 0 radical (unpaired) electrons. The predicted octanol–water partition coefficient (Wildman–Crippen LogP) is 2.81. The first-order chi connectivity index (χ1) is 14.3. The molecular formula is C22H24N2O5S. The SMILES string of the molecule is CN(c1ccc(OCC(=O)NCCOc2ccc3ccccc3c2)cc1)S(C)(=O)=O. The van der Waals surface area contributed by atoms with Gasteiger partial charge in [0.15, 0.2) is 6.61 Å². The van der Waals surface area contributed by atoms with Crippen molar-refractivity contribution < 1.29 is 22.7 Å². The molecule has 0 aliphatic heterocycles. The maximum Gasteiger partial charge on any atom is 0.258 e. The number of carbonyl (C=O) groups is 1. The van der Waals surface area contributed by atoms with Crippen LogP contribution >= 0.6 is 0 Å². The lowest BCUT2D eigenvalue weighted by Gasteiger charge is -2.16. The largest absolute Gasteiger partial charge is 0.492 e. The van der Waals surface area contributed by atoms with Crippen molar-refractivity contribution in [2.24, 2.45) is 0 Å². The van der Waals surface area contributed by atoms with Crippen LogP contribution in [-0.4, -0.2) is 47.4 Å². The molecule has 3 rings (SSSR count). The lowest BCUT2D eigenvalue weighted by molar-refractivity contribution is -0.123. The van der Waals surface area contributed by atoms with Gasteiger partial charge in [0.05, 0.1) is 18.5 Å². The second kappa shape index (κ2) is 9.49. The quantitative estimate of drug-likeness (QED) is 0.530. The second-order valence-electron chi connectivity index (χ2n) is 6.72. The monoisotopic (exact) mass is 428 g/mol. The summed E-state index contributed by atoms with van der Waals surface area (Å²) >= 11 is 0. The Labute approximate surface area is 176 Å². The van der Waals surface area contributed by atoms with Crippen molar-refractivity contribution >= 4 is 32.4 Å². The van der Waals surface area contributed by atoms with Gasteiger partial charge in [-0.3, -0.25) is 9.10 Å². The third-order valence-corrected chi connectivity index (χ3v) is 5.69. The van der Waals surface area contributed by atoms with E-state index in [9.17, 15) is 13.2 Å². The molecule has 0 aliphatic rings. The van der Waals surface area contributed by atoms with Gasteiger partial charge in [0.25, 0.3) is 5.91 Å². The third-order valence-electron chi connectivity index (χ3n) is 4.48. The summed E-state index contributed by atoms with van der Waals surface area (Å²) in [4.78, 5) is 11.9. The third kappa shape index (κ3) is 5.87. The molecule has 0 saturated heterocycles. The average Bonchev–Trinajstić information content (AvgIpc) is 2.74. The standard InChI is InChI=1S/C22H24N2O5S/c1-24(30(2,26)27)19-8-11-20(12-9-19)29-16-22(25)23-13-14-28-21-10-7-17-5-3-4-6-18(17)15-21/h3-12,15H,13-14,16H2,1-2H3,(H,23,25). The number of rotatable bonds is 9. The molecule has 0 bridgehead atoms. The molecule has 0 aliphatic carbocycles. The maximum absolute atomic E-state index is 11.9. The summed E-state index contributed by atoms with van der Waals surface area (Å²) in [5, 5.41) is 4.98. The molecule has 0 saturated carbocycles. The molecule has 3 aromatic carbocycles. The molecule has 0 unspecified atom stereocenters. The molecular weight excluding hydrogens is 404 g/mol. The van der Waals surface area contributed by atoms with Gasteiger partial charge in [0, 0.05) is 7.05 Å². The summed E-state index contributed by atoms with van der Waals surface area (Å²) in [6.07, 6.45) is 1.13. The Morgan fingerprint density at radius 1 is 0.933 bits per heavy atom. The van der Waals surface area contributed by atoms with Crippen molar-refractivity contribution in [1.29, 1.82) is 0 Å². The van der Waals surface area contributed by atoms with Crippen LogP contribution in [0.3, 0.4) is 0 Å². The van der Waals surface area contributed by atoms with Gasteiger partial charge in [-0.15, -0.1) is 0 Å². The van der Waals surface area contributed by atoms with Gasteiger partial charge in [0.2, 0.25) is 10.0 Å². The van der Waals surface area contributed by atoms with Crippen molar-refractivity contribution in [2.75, 3.05) is 37.4 Å². The fourth-order valence-corrected chi connectivity index (χ4v) is 3.26. The number of nitrogens with zero attached hydrogens (tertiary/aromatic N) is 1. The van der Waals surface area contributed by atoms with Gasteiger partial charge >= 0.3 is 0 Å². The molecule has 0 atom stereocenters. The molecule has 158 valence electrons. The summed E-state index contributed by atoms with van der Waals surface area (Å²) in [6, 6.07) is 20.4. The molecule has 0 aromatic heterocycles. The highest BCUT2D eigenvalue weighted by atomic mass is 32.2. The van der Waals surface area contributed by atoms with E-state index in [4.69, 9.17) is 9.47 Å². The van der Waals surface area contributed by atoms with Crippen LogP contribution in [-0.2, 0) is 14.8 Å². The highest BCUT2D eigenvalue weighted by Crippen LogP contribution is 2.21. The Bertz CT molecular complexity index is 1110. The Kier molecular flexibility index (Phi) is 6.79. The minimum atomic E-state index is -3.32. The molecule has 0 heterocycles. The fraction of sp³-hybridized carbons (Fsp3) is 0.227. The Morgan fingerprint density at radius 2 is 1.60 bits per heavy atom. The molecule has 0 fully saturated rings. The van der Waals surface area contributed by atoms with E-state index in [1.165, 1.54) is 11.4 Å². The number of benzene rings is 3. The van der Waals surface area contributed by atoms with Gasteiger partial charge in [-0.05, 0) is 47.2 Å². The first kappa shape index (κ1) is 21.4. The van der Waals surface area contributed by atoms with Gasteiger partial charge < -0.3 is 14.8 Å². The smallest absolute Gasteiger partial charge is 0.258 e. The number of hydrogen-bond acceptors (Lipinski definition) is 5. The first-order valence-electron chi connectivity index (χ1n) is 9.38. The van der Waals surface area contributed by atoms with Crippen LogP contribution in [0.15, 0.2) is 66.7 Å². The number of amides is 1. The summed E-state index contributed by atoms with van der Waals surface area (Å²) in [7, 11) is -1.85. The van der Waals surface area contributed by atoms with Crippen molar-refractivity contribution in [2.45, 2.75) is 0 Å². The molecule has 7 nitrogen and oxygen atoms in total. The van der Waals surface area contributed by atoms with E-state index < -0.39 is 10.0 Å². The predicted molar refractivity (Wildman–Crippen MR) is 118 cm³/mol. The van der Waals surface area contributed by atoms with Gasteiger partial charge in [-0.1, -0.05) is 30.3 Å². The van der Waals surface area contributed by atoms with Crippen LogP contribution in [0, 0.1) is 0 Å². The van der Waals surface area contributed by atoms with Crippen LogP contribution in [0.1, 0.15) is 0 Å². The topological polar surface area (TPSA) is 84.9 Å². The minimum Gasteiger partial charge on any atom is -0.492 e. The molecule has 0 spiro atoms. The first-order valence-corrected chi connectivity index (χ1v) is 11.2. The molecule has 3 aromatic rings.